The standard InChI is InChI=1S/C33H39F3N2O2/c1-22-18-27(19-23(2)24(22)3)26-9-7-8-25(20-26)21-38(29-12-10-28(11-13-29)33(34,35)36)30-14-16-37(17-15-30)31(39)40-32(4,5)6/h7-13,18-20,30H,14-17,21H2,1-6H3. The van der Waals surface area contributed by atoms with Gasteiger partial charge in [0.25, 0.3) is 0 Å². The van der Waals surface area contributed by atoms with Crippen molar-refractivity contribution in [3.05, 3.63) is 88.5 Å². The Balaban J connectivity index is 1.60. The van der Waals surface area contributed by atoms with Crippen molar-refractivity contribution < 1.29 is 22.7 Å². The number of likely N-dealkylation sites (tertiary alicyclic amines) is 1. The highest BCUT2D eigenvalue weighted by Crippen LogP contribution is 2.33. The molecule has 40 heavy (non-hydrogen) atoms. The summed E-state index contributed by atoms with van der Waals surface area (Å²) in [7, 11) is 0. The predicted molar refractivity (Wildman–Crippen MR) is 155 cm³/mol. The number of carbonyl (C=O) groups excluding carboxylic acids is 1. The number of nitrogens with zero attached hydrogens (tertiary/aromatic N) is 2. The lowest BCUT2D eigenvalue weighted by Gasteiger charge is -2.40. The second-order valence-corrected chi connectivity index (χ2v) is 11.8. The molecule has 7 heteroatoms. The lowest BCUT2D eigenvalue weighted by Crippen LogP contribution is -2.48. The Bertz CT molecular complexity index is 1310. The number of hydrogen-bond acceptors (Lipinski definition) is 3. The van der Waals surface area contributed by atoms with E-state index in [0.29, 0.717) is 32.5 Å². The quantitative estimate of drug-likeness (QED) is 0.317. The summed E-state index contributed by atoms with van der Waals surface area (Å²) in [5, 5.41) is 0. The maximum Gasteiger partial charge on any atom is 0.416 e. The van der Waals surface area contributed by atoms with Gasteiger partial charge >= 0.3 is 12.3 Å². The lowest BCUT2D eigenvalue weighted by atomic mass is 9.95. The van der Waals surface area contributed by atoms with Crippen molar-refractivity contribution in [3.63, 3.8) is 0 Å². The van der Waals surface area contributed by atoms with Gasteiger partial charge < -0.3 is 14.5 Å². The summed E-state index contributed by atoms with van der Waals surface area (Å²) in [5.74, 6) is 0. The number of aryl methyl sites for hydroxylation is 2. The van der Waals surface area contributed by atoms with Crippen LogP contribution in [0.1, 0.15) is 61.4 Å². The molecule has 1 aliphatic heterocycles. The molecule has 4 nitrogen and oxygen atoms in total. The van der Waals surface area contributed by atoms with Crippen LogP contribution in [0.25, 0.3) is 11.1 Å². The van der Waals surface area contributed by atoms with Gasteiger partial charge in [-0.2, -0.15) is 13.2 Å². The molecule has 3 aromatic rings. The number of carbonyl (C=O) groups is 1. The molecule has 1 heterocycles. The Hall–Kier alpha value is -3.48. The van der Waals surface area contributed by atoms with E-state index in [0.717, 1.165) is 34.5 Å². The second-order valence-electron chi connectivity index (χ2n) is 11.8. The summed E-state index contributed by atoms with van der Waals surface area (Å²) in [4.78, 5) is 16.5. The van der Waals surface area contributed by atoms with E-state index in [4.69, 9.17) is 4.74 Å². The fourth-order valence-electron chi connectivity index (χ4n) is 5.21. The predicted octanol–water partition coefficient (Wildman–Crippen LogP) is 8.70. The summed E-state index contributed by atoms with van der Waals surface area (Å²) in [6.45, 7) is 13.5. The fraction of sp³-hybridized carbons (Fsp3) is 0.424. The first-order valence-electron chi connectivity index (χ1n) is 13.8. The van der Waals surface area contributed by atoms with Gasteiger partial charge in [-0.15, -0.1) is 0 Å². The number of piperidine rings is 1. The van der Waals surface area contributed by atoms with Gasteiger partial charge in [0.2, 0.25) is 0 Å². The zero-order valence-electron chi connectivity index (χ0n) is 24.2. The zero-order valence-corrected chi connectivity index (χ0v) is 24.2. The van der Waals surface area contributed by atoms with E-state index in [2.05, 4.69) is 56.0 Å². The number of rotatable bonds is 5. The summed E-state index contributed by atoms with van der Waals surface area (Å²) in [5.41, 5.74) is 6.59. The van der Waals surface area contributed by atoms with Crippen LogP contribution >= 0.6 is 0 Å². The van der Waals surface area contributed by atoms with E-state index in [1.165, 1.54) is 16.7 Å². The smallest absolute Gasteiger partial charge is 0.416 e. The van der Waals surface area contributed by atoms with Crippen molar-refractivity contribution in [3.8, 4) is 11.1 Å². The van der Waals surface area contributed by atoms with Crippen molar-refractivity contribution >= 4 is 11.8 Å². The summed E-state index contributed by atoms with van der Waals surface area (Å²) >= 11 is 0. The van der Waals surface area contributed by atoms with Crippen LogP contribution < -0.4 is 4.90 Å². The molecule has 0 saturated carbocycles. The average Bonchev–Trinajstić information content (AvgIpc) is 2.89. The Morgan fingerprint density at radius 3 is 2.05 bits per heavy atom. The molecule has 0 N–H and O–H groups in total. The van der Waals surface area contributed by atoms with Gasteiger partial charge in [0, 0.05) is 31.4 Å². The molecule has 1 amide bonds. The molecule has 3 aromatic carbocycles. The monoisotopic (exact) mass is 552 g/mol. The molecule has 1 aliphatic rings. The Morgan fingerprint density at radius 1 is 0.900 bits per heavy atom. The normalized spacial score (nSPS) is 14.8. The van der Waals surface area contributed by atoms with E-state index in [-0.39, 0.29) is 12.1 Å². The third kappa shape index (κ3) is 7.18. The van der Waals surface area contributed by atoms with Gasteiger partial charge in [-0.3, -0.25) is 0 Å². The average molecular weight is 553 g/mol. The van der Waals surface area contributed by atoms with Gasteiger partial charge in [0.1, 0.15) is 5.60 Å². The highest BCUT2D eigenvalue weighted by Gasteiger charge is 2.32. The van der Waals surface area contributed by atoms with Crippen LogP contribution in [0, 0.1) is 20.8 Å². The molecule has 0 aromatic heterocycles. The Morgan fingerprint density at radius 2 is 1.50 bits per heavy atom. The van der Waals surface area contributed by atoms with Crippen molar-refractivity contribution in [2.75, 3.05) is 18.0 Å². The van der Waals surface area contributed by atoms with Crippen molar-refractivity contribution in [2.45, 2.75) is 78.7 Å². The van der Waals surface area contributed by atoms with Crippen molar-refractivity contribution in [1.29, 1.82) is 0 Å². The van der Waals surface area contributed by atoms with Crippen LogP contribution in [-0.4, -0.2) is 35.7 Å². The zero-order chi connectivity index (χ0) is 29.2. The maximum atomic E-state index is 13.3. The number of amides is 1. The number of benzene rings is 3. The number of anilines is 1. The van der Waals surface area contributed by atoms with Crippen LogP contribution in [0.5, 0.6) is 0 Å². The molecule has 1 fully saturated rings. The van der Waals surface area contributed by atoms with Gasteiger partial charge in [-0.1, -0.05) is 30.3 Å². The summed E-state index contributed by atoms with van der Waals surface area (Å²) < 4.78 is 45.4. The van der Waals surface area contributed by atoms with E-state index < -0.39 is 17.3 Å². The first-order chi connectivity index (χ1) is 18.7. The second kappa shape index (κ2) is 11.6. The van der Waals surface area contributed by atoms with E-state index in [1.54, 1.807) is 17.0 Å². The van der Waals surface area contributed by atoms with Crippen LogP contribution in [0.3, 0.4) is 0 Å². The topological polar surface area (TPSA) is 32.8 Å². The van der Waals surface area contributed by atoms with Crippen molar-refractivity contribution in [2.24, 2.45) is 0 Å². The minimum absolute atomic E-state index is 0.0583. The number of ether oxygens (including phenoxy) is 1. The lowest BCUT2D eigenvalue weighted by molar-refractivity contribution is -0.137. The molecular weight excluding hydrogens is 513 g/mol. The molecule has 1 saturated heterocycles. The molecule has 0 radical (unpaired) electrons. The highest BCUT2D eigenvalue weighted by atomic mass is 19.4. The Kier molecular flexibility index (Phi) is 8.52. The SMILES string of the molecule is Cc1cc(-c2cccc(CN(c3ccc(C(F)(F)F)cc3)C3CCN(C(=O)OC(C)(C)C)CC3)c2)cc(C)c1C. The van der Waals surface area contributed by atoms with E-state index in [9.17, 15) is 18.0 Å². The highest BCUT2D eigenvalue weighted by molar-refractivity contribution is 5.68. The largest absolute Gasteiger partial charge is 0.444 e. The van der Waals surface area contributed by atoms with Gasteiger partial charge in [-0.05, 0) is 118 Å². The Labute approximate surface area is 235 Å². The molecule has 0 atom stereocenters. The molecule has 0 bridgehead atoms. The van der Waals surface area contributed by atoms with Gasteiger partial charge in [0.05, 0.1) is 5.56 Å². The summed E-state index contributed by atoms with van der Waals surface area (Å²) in [6.07, 6.45) is -3.34. The van der Waals surface area contributed by atoms with Crippen LogP contribution in [0.15, 0.2) is 60.7 Å². The molecular formula is C33H39F3N2O2. The third-order valence-electron chi connectivity index (χ3n) is 7.62. The first-order valence-corrected chi connectivity index (χ1v) is 13.8. The van der Waals surface area contributed by atoms with Crippen LogP contribution in [0.2, 0.25) is 0 Å². The minimum Gasteiger partial charge on any atom is -0.444 e. The maximum absolute atomic E-state index is 13.3. The molecule has 4 rings (SSSR count). The molecule has 0 aliphatic carbocycles. The number of alkyl halides is 3. The number of halogens is 3. The third-order valence-corrected chi connectivity index (χ3v) is 7.62. The molecule has 0 spiro atoms. The van der Waals surface area contributed by atoms with Crippen LogP contribution in [0.4, 0.5) is 23.7 Å². The van der Waals surface area contributed by atoms with Gasteiger partial charge in [-0.25, -0.2) is 4.79 Å². The number of hydrogen-bond donors (Lipinski definition) is 0. The van der Waals surface area contributed by atoms with Gasteiger partial charge in [0.15, 0.2) is 0 Å². The molecule has 214 valence electrons. The van der Waals surface area contributed by atoms with Crippen LogP contribution in [-0.2, 0) is 17.5 Å². The van der Waals surface area contributed by atoms with E-state index >= 15 is 0 Å². The fourth-order valence-corrected chi connectivity index (χ4v) is 5.21. The first kappa shape index (κ1) is 29.5. The van der Waals surface area contributed by atoms with E-state index in [1.807, 2.05) is 26.8 Å². The summed E-state index contributed by atoms with van der Waals surface area (Å²) in [6, 6.07) is 18.2. The minimum atomic E-state index is -4.39. The van der Waals surface area contributed by atoms with Crippen molar-refractivity contribution in [1.82, 2.24) is 4.90 Å². The molecule has 0 unspecified atom stereocenters.